The Morgan fingerprint density at radius 1 is 1.36 bits per heavy atom. The van der Waals surface area contributed by atoms with Gasteiger partial charge in [-0.1, -0.05) is 11.6 Å². The van der Waals surface area contributed by atoms with Gasteiger partial charge in [0.05, 0.1) is 17.5 Å². The van der Waals surface area contributed by atoms with E-state index in [1.807, 2.05) is 27.5 Å². The molecule has 2 aliphatic rings. The summed E-state index contributed by atoms with van der Waals surface area (Å²) in [7, 11) is 0. The Balaban J connectivity index is 1.63. The number of amides is 1. The van der Waals surface area contributed by atoms with Crippen molar-refractivity contribution in [2.75, 3.05) is 0 Å². The van der Waals surface area contributed by atoms with E-state index in [-0.39, 0.29) is 24.4 Å². The lowest BCUT2D eigenvalue weighted by molar-refractivity contribution is -0.134. The number of hydrogen-bond acceptors (Lipinski definition) is 2. The van der Waals surface area contributed by atoms with Crippen LogP contribution >= 0.6 is 34.2 Å². The van der Waals surface area contributed by atoms with Crippen molar-refractivity contribution in [1.29, 1.82) is 0 Å². The highest BCUT2D eigenvalue weighted by molar-refractivity contribution is 14.1. The molecule has 1 aromatic carbocycles. The third-order valence-electron chi connectivity index (χ3n) is 5.06. The molecule has 0 N–H and O–H groups in total. The number of fused-ring (bicyclic) bond motifs is 4. The summed E-state index contributed by atoms with van der Waals surface area (Å²) in [5, 5.41) is 0.337. The molecular weight excluding hydrogens is 461 g/mol. The van der Waals surface area contributed by atoms with Crippen LogP contribution < -0.4 is 0 Å². The van der Waals surface area contributed by atoms with Crippen LogP contribution in [0.4, 0.5) is 8.78 Å². The molecule has 0 unspecified atom stereocenters. The molecule has 1 fully saturated rings. The highest BCUT2D eigenvalue weighted by Crippen LogP contribution is 2.44. The molecule has 4 rings (SSSR count). The van der Waals surface area contributed by atoms with Gasteiger partial charge in [-0.15, -0.1) is 0 Å². The third kappa shape index (κ3) is 2.93. The van der Waals surface area contributed by atoms with E-state index in [1.54, 1.807) is 12.1 Å². The molecule has 1 amide bonds. The standard InChI is InChI=1S/C18H14ClF2IN2O/c19-13-8-14(20)9(5-15(13)22)6-17(25)24-10-1-2-16(24)11-3-4-23-18(21)12(11)7-10/h3-5,8,10,16H,1-2,6-7H2/t10-,16+/m0/s1. The maximum atomic E-state index is 14.1. The summed E-state index contributed by atoms with van der Waals surface area (Å²) in [6.07, 6.45) is 3.52. The predicted octanol–water partition coefficient (Wildman–Crippen LogP) is 4.45. The number of aromatic nitrogens is 1. The van der Waals surface area contributed by atoms with E-state index < -0.39 is 11.8 Å². The molecule has 1 aromatic heterocycles. The number of carbonyl (C=O) groups excluding carboxylic acids is 1. The van der Waals surface area contributed by atoms with Crippen molar-refractivity contribution in [2.45, 2.75) is 37.8 Å². The van der Waals surface area contributed by atoms with Crippen LogP contribution in [0.5, 0.6) is 0 Å². The highest BCUT2D eigenvalue weighted by atomic mass is 127. The topological polar surface area (TPSA) is 33.2 Å². The van der Waals surface area contributed by atoms with Crippen molar-refractivity contribution in [3.8, 4) is 0 Å². The maximum absolute atomic E-state index is 14.1. The van der Waals surface area contributed by atoms with Gasteiger partial charge < -0.3 is 4.90 Å². The largest absolute Gasteiger partial charge is 0.332 e. The Morgan fingerprint density at radius 3 is 2.96 bits per heavy atom. The lowest BCUT2D eigenvalue weighted by Gasteiger charge is -2.36. The van der Waals surface area contributed by atoms with Crippen molar-refractivity contribution < 1.29 is 13.6 Å². The van der Waals surface area contributed by atoms with Crippen molar-refractivity contribution >= 4 is 40.1 Å². The zero-order valence-electron chi connectivity index (χ0n) is 13.1. The highest BCUT2D eigenvalue weighted by Gasteiger charge is 2.43. The maximum Gasteiger partial charge on any atom is 0.227 e. The Morgan fingerprint density at radius 2 is 2.16 bits per heavy atom. The molecule has 2 bridgehead atoms. The lowest BCUT2D eigenvalue weighted by Crippen LogP contribution is -2.43. The molecule has 2 atom stereocenters. The minimum Gasteiger partial charge on any atom is -0.332 e. The fraction of sp³-hybridized carbons (Fsp3) is 0.333. The average molecular weight is 475 g/mol. The van der Waals surface area contributed by atoms with Crippen LogP contribution in [-0.4, -0.2) is 21.8 Å². The number of halogens is 4. The Labute approximate surface area is 162 Å². The van der Waals surface area contributed by atoms with Gasteiger partial charge in [-0.2, -0.15) is 4.39 Å². The van der Waals surface area contributed by atoms with Gasteiger partial charge in [0.25, 0.3) is 0 Å². The van der Waals surface area contributed by atoms with Crippen LogP contribution in [0, 0.1) is 15.3 Å². The monoisotopic (exact) mass is 474 g/mol. The second-order valence-corrected chi connectivity index (χ2v) is 8.03. The summed E-state index contributed by atoms with van der Waals surface area (Å²) in [5.74, 6) is -1.05. The van der Waals surface area contributed by atoms with Crippen molar-refractivity contribution in [3.63, 3.8) is 0 Å². The predicted molar refractivity (Wildman–Crippen MR) is 98.3 cm³/mol. The zero-order valence-corrected chi connectivity index (χ0v) is 16.0. The normalized spacial score (nSPS) is 21.4. The Bertz CT molecular complexity index is 876. The molecule has 0 spiro atoms. The number of rotatable bonds is 2. The lowest BCUT2D eigenvalue weighted by atomic mass is 9.94. The van der Waals surface area contributed by atoms with Crippen molar-refractivity contribution in [3.05, 3.63) is 61.4 Å². The van der Waals surface area contributed by atoms with Gasteiger partial charge in [0.2, 0.25) is 11.9 Å². The van der Waals surface area contributed by atoms with Gasteiger partial charge in [-0.3, -0.25) is 4.79 Å². The van der Waals surface area contributed by atoms with Crippen LogP contribution in [0.2, 0.25) is 5.02 Å². The van der Waals surface area contributed by atoms with Crippen LogP contribution in [0.1, 0.15) is 35.6 Å². The summed E-state index contributed by atoms with van der Waals surface area (Å²) < 4.78 is 28.8. The van der Waals surface area contributed by atoms with Crippen LogP contribution in [0.15, 0.2) is 24.4 Å². The van der Waals surface area contributed by atoms with E-state index in [2.05, 4.69) is 4.98 Å². The van der Waals surface area contributed by atoms with E-state index in [4.69, 9.17) is 11.6 Å². The van der Waals surface area contributed by atoms with Crippen LogP contribution in [0.25, 0.3) is 0 Å². The van der Waals surface area contributed by atoms with Gasteiger partial charge in [0.15, 0.2) is 0 Å². The average Bonchev–Trinajstić information content (AvgIpc) is 2.89. The Kier molecular flexibility index (Phi) is 4.43. The minimum absolute atomic E-state index is 0.0189. The summed E-state index contributed by atoms with van der Waals surface area (Å²) in [6.45, 7) is 0. The molecule has 130 valence electrons. The van der Waals surface area contributed by atoms with Gasteiger partial charge in [0.1, 0.15) is 5.82 Å². The summed E-state index contributed by atoms with van der Waals surface area (Å²) in [6, 6.07) is 4.45. The molecule has 0 saturated carbocycles. The van der Waals surface area contributed by atoms with Crippen LogP contribution in [0.3, 0.4) is 0 Å². The molecule has 7 heteroatoms. The fourth-order valence-corrected chi connectivity index (χ4v) is 4.63. The first-order valence-corrected chi connectivity index (χ1v) is 9.49. The number of benzene rings is 1. The summed E-state index contributed by atoms with van der Waals surface area (Å²) in [5.41, 5.74) is 1.79. The van der Waals surface area contributed by atoms with E-state index in [0.29, 0.717) is 26.1 Å². The number of nitrogens with zero attached hydrogens (tertiary/aromatic N) is 2. The van der Waals surface area contributed by atoms with E-state index in [1.165, 1.54) is 12.3 Å². The van der Waals surface area contributed by atoms with Crippen LogP contribution in [-0.2, 0) is 17.6 Å². The van der Waals surface area contributed by atoms with E-state index in [0.717, 1.165) is 18.4 Å². The molecule has 2 aliphatic heterocycles. The molecule has 3 nitrogen and oxygen atoms in total. The minimum atomic E-state index is -0.473. The summed E-state index contributed by atoms with van der Waals surface area (Å²) in [4.78, 5) is 18.4. The van der Waals surface area contributed by atoms with E-state index in [9.17, 15) is 13.6 Å². The molecule has 0 radical (unpaired) electrons. The SMILES string of the molecule is O=C(Cc1cc(I)c(Cl)cc1F)N1[C@H]2CC[C@@H]1c1ccnc(F)c1C2. The fourth-order valence-electron chi connectivity index (χ4n) is 3.95. The molecule has 0 aliphatic carbocycles. The second kappa shape index (κ2) is 6.46. The van der Waals surface area contributed by atoms with Gasteiger partial charge in [0, 0.05) is 21.4 Å². The van der Waals surface area contributed by atoms with Crippen molar-refractivity contribution in [2.24, 2.45) is 0 Å². The quantitative estimate of drug-likeness (QED) is 0.366. The smallest absolute Gasteiger partial charge is 0.227 e. The van der Waals surface area contributed by atoms with Gasteiger partial charge >= 0.3 is 0 Å². The third-order valence-corrected chi connectivity index (χ3v) is 6.58. The zero-order chi connectivity index (χ0) is 17.7. The first-order valence-electron chi connectivity index (χ1n) is 8.03. The van der Waals surface area contributed by atoms with E-state index >= 15 is 0 Å². The van der Waals surface area contributed by atoms with Gasteiger partial charge in [-0.25, -0.2) is 9.37 Å². The first-order chi connectivity index (χ1) is 12.0. The molecule has 3 heterocycles. The van der Waals surface area contributed by atoms with Gasteiger partial charge in [-0.05, 0) is 71.2 Å². The molecule has 25 heavy (non-hydrogen) atoms. The molecule has 1 saturated heterocycles. The number of hydrogen-bond donors (Lipinski definition) is 0. The Hall–Kier alpha value is -1.28. The second-order valence-electron chi connectivity index (χ2n) is 6.46. The van der Waals surface area contributed by atoms with Crippen molar-refractivity contribution in [1.82, 2.24) is 9.88 Å². The molecular formula is C18H14ClF2IN2O. The summed E-state index contributed by atoms with van der Waals surface area (Å²) >= 11 is 7.93. The number of carbonyl (C=O) groups is 1. The first kappa shape index (κ1) is 17.1. The number of pyridine rings is 1. The molecule has 2 aromatic rings.